The van der Waals surface area contributed by atoms with E-state index in [2.05, 4.69) is 0 Å². The predicted octanol–water partition coefficient (Wildman–Crippen LogP) is -0.438. The fourth-order valence-electron chi connectivity index (χ4n) is 2.29. The Morgan fingerprint density at radius 3 is 2.25 bits per heavy atom. The third-order valence-electron chi connectivity index (χ3n) is 3.80. The standard InChI is InChI=1S/C13H22N2O4S/c1-2-13(18)9-15(10-13)12(17)8-20-7-11(16)14-3-5-19-6-4-14/h18H,2-10H2,1H3. The van der Waals surface area contributed by atoms with Crippen LogP contribution in [0.1, 0.15) is 13.3 Å². The van der Waals surface area contributed by atoms with Gasteiger partial charge in [-0.1, -0.05) is 6.92 Å². The number of ether oxygens (including phenoxy) is 1. The summed E-state index contributed by atoms with van der Waals surface area (Å²) >= 11 is 1.34. The molecule has 2 aliphatic rings. The zero-order valence-electron chi connectivity index (χ0n) is 11.8. The van der Waals surface area contributed by atoms with E-state index in [-0.39, 0.29) is 11.8 Å². The number of carbonyl (C=O) groups is 2. The van der Waals surface area contributed by atoms with E-state index in [0.29, 0.717) is 57.3 Å². The number of carbonyl (C=O) groups excluding carboxylic acids is 2. The van der Waals surface area contributed by atoms with Crippen LogP contribution in [0.15, 0.2) is 0 Å². The van der Waals surface area contributed by atoms with Crippen LogP contribution in [-0.4, -0.2) is 83.2 Å². The third-order valence-corrected chi connectivity index (χ3v) is 4.70. The Balaban J connectivity index is 1.61. The zero-order chi connectivity index (χ0) is 14.6. The molecule has 114 valence electrons. The van der Waals surface area contributed by atoms with Crippen LogP contribution in [0.5, 0.6) is 0 Å². The van der Waals surface area contributed by atoms with Crippen molar-refractivity contribution in [1.82, 2.24) is 9.80 Å². The fourth-order valence-corrected chi connectivity index (χ4v) is 3.10. The van der Waals surface area contributed by atoms with Gasteiger partial charge in [0.25, 0.3) is 0 Å². The highest BCUT2D eigenvalue weighted by atomic mass is 32.2. The molecule has 2 saturated heterocycles. The Morgan fingerprint density at radius 2 is 1.70 bits per heavy atom. The minimum atomic E-state index is -0.691. The van der Waals surface area contributed by atoms with Crippen molar-refractivity contribution >= 4 is 23.6 Å². The summed E-state index contributed by atoms with van der Waals surface area (Å²) in [6.07, 6.45) is 0.666. The van der Waals surface area contributed by atoms with E-state index in [1.54, 1.807) is 9.80 Å². The number of nitrogens with zero attached hydrogens (tertiary/aromatic N) is 2. The van der Waals surface area contributed by atoms with Crippen LogP contribution in [0.25, 0.3) is 0 Å². The molecule has 20 heavy (non-hydrogen) atoms. The highest BCUT2D eigenvalue weighted by Crippen LogP contribution is 2.24. The van der Waals surface area contributed by atoms with Crippen LogP contribution < -0.4 is 0 Å². The van der Waals surface area contributed by atoms with Crippen molar-refractivity contribution in [3.63, 3.8) is 0 Å². The molecular weight excluding hydrogens is 280 g/mol. The summed E-state index contributed by atoms with van der Waals surface area (Å²) in [5.74, 6) is 0.704. The number of aliphatic hydroxyl groups is 1. The van der Waals surface area contributed by atoms with E-state index in [0.717, 1.165) is 0 Å². The van der Waals surface area contributed by atoms with E-state index >= 15 is 0 Å². The van der Waals surface area contributed by atoms with Crippen molar-refractivity contribution in [2.45, 2.75) is 18.9 Å². The lowest BCUT2D eigenvalue weighted by atomic mass is 9.91. The SMILES string of the molecule is CCC1(O)CN(C(=O)CSCC(=O)N2CCOCC2)C1. The first kappa shape index (κ1) is 15.6. The Morgan fingerprint density at radius 1 is 1.15 bits per heavy atom. The molecule has 6 nitrogen and oxygen atoms in total. The van der Waals surface area contributed by atoms with E-state index < -0.39 is 5.60 Å². The maximum atomic E-state index is 11.9. The van der Waals surface area contributed by atoms with Crippen LogP contribution >= 0.6 is 11.8 Å². The van der Waals surface area contributed by atoms with Crippen molar-refractivity contribution in [3.8, 4) is 0 Å². The van der Waals surface area contributed by atoms with Gasteiger partial charge in [0.15, 0.2) is 0 Å². The molecule has 7 heteroatoms. The maximum absolute atomic E-state index is 11.9. The quantitative estimate of drug-likeness (QED) is 0.746. The Bertz CT molecular complexity index is 365. The van der Waals surface area contributed by atoms with Gasteiger partial charge >= 0.3 is 0 Å². The largest absolute Gasteiger partial charge is 0.386 e. The summed E-state index contributed by atoms with van der Waals surface area (Å²) < 4.78 is 5.19. The second-order valence-corrected chi connectivity index (χ2v) is 6.30. The molecule has 0 bridgehead atoms. The molecule has 2 rings (SSSR count). The minimum absolute atomic E-state index is 0.00269. The number of amides is 2. The summed E-state index contributed by atoms with van der Waals surface area (Å²) in [6.45, 7) is 5.22. The molecule has 2 aliphatic heterocycles. The van der Waals surface area contributed by atoms with Crippen LogP contribution in [0.3, 0.4) is 0 Å². The van der Waals surface area contributed by atoms with Gasteiger partial charge in [-0.3, -0.25) is 9.59 Å². The van der Waals surface area contributed by atoms with E-state index in [9.17, 15) is 14.7 Å². The first-order valence-electron chi connectivity index (χ1n) is 6.97. The first-order valence-corrected chi connectivity index (χ1v) is 8.13. The first-order chi connectivity index (χ1) is 9.54. The molecule has 0 aromatic carbocycles. The van der Waals surface area contributed by atoms with Crippen molar-refractivity contribution < 1.29 is 19.4 Å². The molecular formula is C13H22N2O4S. The summed E-state index contributed by atoms with van der Waals surface area (Å²) in [7, 11) is 0. The molecule has 0 atom stereocenters. The maximum Gasteiger partial charge on any atom is 0.232 e. The number of thioether (sulfide) groups is 1. The summed E-state index contributed by atoms with van der Waals surface area (Å²) in [5, 5.41) is 9.85. The molecule has 0 spiro atoms. The van der Waals surface area contributed by atoms with E-state index in [1.807, 2.05) is 6.92 Å². The number of β-amino-alcohol motifs (C(OH)–C–C–N with tert-alkyl or cyclic N) is 1. The molecule has 0 saturated carbocycles. The number of rotatable bonds is 5. The fraction of sp³-hybridized carbons (Fsp3) is 0.846. The van der Waals surface area contributed by atoms with E-state index in [4.69, 9.17) is 4.74 Å². The predicted molar refractivity (Wildman–Crippen MR) is 76.5 cm³/mol. The molecule has 0 aromatic rings. The highest BCUT2D eigenvalue weighted by molar-refractivity contribution is 8.00. The Labute approximate surface area is 123 Å². The second-order valence-electron chi connectivity index (χ2n) is 5.31. The van der Waals surface area contributed by atoms with Crippen LogP contribution in [-0.2, 0) is 14.3 Å². The van der Waals surface area contributed by atoms with Gasteiger partial charge in [-0.2, -0.15) is 0 Å². The monoisotopic (exact) mass is 302 g/mol. The highest BCUT2D eigenvalue weighted by Gasteiger charge is 2.41. The summed E-state index contributed by atoms with van der Waals surface area (Å²) in [4.78, 5) is 27.1. The van der Waals surface area contributed by atoms with Gasteiger partial charge in [-0.25, -0.2) is 0 Å². The normalized spacial score (nSPS) is 21.5. The zero-order valence-corrected chi connectivity index (χ0v) is 12.7. The molecule has 2 heterocycles. The molecule has 1 N–H and O–H groups in total. The van der Waals surface area contributed by atoms with Gasteiger partial charge in [0.1, 0.15) is 0 Å². The van der Waals surface area contributed by atoms with Gasteiger partial charge < -0.3 is 19.6 Å². The van der Waals surface area contributed by atoms with Crippen LogP contribution in [0.4, 0.5) is 0 Å². The van der Waals surface area contributed by atoms with Gasteiger partial charge in [0.05, 0.1) is 43.4 Å². The molecule has 0 aliphatic carbocycles. The van der Waals surface area contributed by atoms with Gasteiger partial charge in [0.2, 0.25) is 11.8 Å². The number of hydrogen-bond donors (Lipinski definition) is 1. The van der Waals surface area contributed by atoms with Crippen molar-refractivity contribution in [3.05, 3.63) is 0 Å². The van der Waals surface area contributed by atoms with Crippen LogP contribution in [0.2, 0.25) is 0 Å². The lowest BCUT2D eigenvalue weighted by Gasteiger charge is -2.46. The van der Waals surface area contributed by atoms with Crippen molar-refractivity contribution in [2.75, 3.05) is 50.9 Å². The average Bonchev–Trinajstić information content (AvgIpc) is 2.44. The molecule has 2 fully saturated rings. The topological polar surface area (TPSA) is 70.1 Å². The summed E-state index contributed by atoms with van der Waals surface area (Å²) in [5.41, 5.74) is -0.691. The smallest absolute Gasteiger partial charge is 0.232 e. The third kappa shape index (κ3) is 3.86. The van der Waals surface area contributed by atoms with Gasteiger partial charge in [0, 0.05) is 13.1 Å². The number of morpholine rings is 1. The van der Waals surface area contributed by atoms with E-state index in [1.165, 1.54) is 11.8 Å². The lowest BCUT2D eigenvalue weighted by molar-refractivity contribution is -0.152. The van der Waals surface area contributed by atoms with Gasteiger partial charge in [-0.05, 0) is 6.42 Å². The van der Waals surface area contributed by atoms with Crippen molar-refractivity contribution in [2.24, 2.45) is 0 Å². The second kappa shape index (κ2) is 6.78. The Kier molecular flexibility index (Phi) is 5.29. The number of likely N-dealkylation sites (tertiary alicyclic amines) is 1. The summed E-state index contributed by atoms with van der Waals surface area (Å²) in [6, 6.07) is 0. The van der Waals surface area contributed by atoms with Gasteiger partial charge in [-0.15, -0.1) is 11.8 Å². The van der Waals surface area contributed by atoms with Crippen molar-refractivity contribution in [1.29, 1.82) is 0 Å². The van der Waals surface area contributed by atoms with Crippen LogP contribution in [0, 0.1) is 0 Å². The lowest BCUT2D eigenvalue weighted by Crippen LogP contribution is -2.63. The average molecular weight is 302 g/mol. The molecule has 0 radical (unpaired) electrons. The molecule has 2 amide bonds. The molecule has 0 aromatic heterocycles. The number of hydrogen-bond acceptors (Lipinski definition) is 5. The Hall–Kier alpha value is -0.790. The minimum Gasteiger partial charge on any atom is -0.386 e. The molecule has 0 unspecified atom stereocenters.